The molecule has 3 nitrogen and oxygen atoms in total. The Morgan fingerprint density at radius 3 is 2.90 bits per heavy atom. The normalized spacial score (nSPS) is 23.4. The second-order valence-electron chi connectivity index (χ2n) is 5.52. The summed E-state index contributed by atoms with van der Waals surface area (Å²) in [5.74, 6) is 3.10. The summed E-state index contributed by atoms with van der Waals surface area (Å²) in [6.45, 7) is 4.81. The van der Waals surface area contributed by atoms with Crippen LogP contribution in [0.5, 0.6) is 11.5 Å². The van der Waals surface area contributed by atoms with Crippen LogP contribution in [0.25, 0.3) is 0 Å². The van der Waals surface area contributed by atoms with Gasteiger partial charge in [-0.15, -0.1) is 0 Å². The molecule has 0 bridgehead atoms. The van der Waals surface area contributed by atoms with Gasteiger partial charge in [0.2, 0.25) is 0 Å². The zero-order valence-electron chi connectivity index (χ0n) is 12.1. The van der Waals surface area contributed by atoms with E-state index in [-0.39, 0.29) is 0 Å². The Kier molecular flexibility index (Phi) is 4.73. The molecule has 0 aliphatic carbocycles. The number of rotatable bonds is 4. The molecule has 2 aliphatic heterocycles. The van der Waals surface area contributed by atoms with Gasteiger partial charge in [0, 0.05) is 24.3 Å². The van der Waals surface area contributed by atoms with Crippen molar-refractivity contribution in [1.29, 1.82) is 0 Å². The quantitative estimate of drug-likeness (QED) is 0.922. The van der Waals surface area contributed by atoms with Crippen LogP contribution >= 0.6 is 11.8 Å². The van der Waals surface area contributed by atoms with E-state index in [0.29, 0.717) is 6.04 Å². The molecule has 2 heterocycles. The summed E-state index contributed by atoms with van der Waals surface area (Å²) >= 11 is 2.10. The summed E-state index contributed by atoms with van der Waals surface area (Å²) in [6, 6.07) is 6.67. The van der Waals surface area contributed by atoms with Crippen LogP contribution in [0.3, 0.4) is 0 Å². The average Bonchev–Trinajstić information content (AvgIpc) is 2.88. The number of nitrogens with one attached hydrogen (secondary N) is 1. The topological polar surface area (TPSA) is 30.5 Å². The van der Waals surface area contributed by atoms with Crippen molar-refractivity contribution < 1.29 is 9.47 Å². The van der Waals surface area contributed by atoms with Gasteiger partial charge in [-0.05, 0) is 43.2 Å². The van der Waals surface area contributed by atoms with E-state index in [0.717, 1.165) is 42.9 Å². The molecule has 2 aliphatic rings. The van der Waals surface area contributed by atoms with Gasteiger partial charge in [0.15, 0.2) is 11.5 Å². The predicted molar refractivity (Wildman–Crippen MR) is 83.9 cm³/mol. The van der Waals surface area contributed by atoms with E-state index in [2.05, 4.69) is 36.1 Å². The molecular formula is C16H23NO2S. The van der Waals surface area contributed by atoms with Crippen molar-refractivity contribution in [3.8, 4) is 11.5 Å². The Bertz CT molecular complexity index is 446. The Morgan fingerprint density at radius 2 is 2.10 bits per heavy atom. The lowest BCUT2D eigenvalue weighted by Crippen LogP contribution is -2.26. The van der Waals surface area contributed by atoms with Crippen molar-refractivity contribution in [3.63, 3.8) is 0 Å². The second-order valence-corrected chi connectivity index (χ2v) is 6.93. The van der Waals surface area contributed by atoms with Crippen LogP contribution < -0.4 is 14.8 Å². The SMILES string of the molecule is CC(NCC1CCCS1)c1ccc2c(c1)OCCCO2. The van der Waals surface area contributed by atoms with E-state index < -0.39 is 0 Å². The predicted octanol–water partition coefficient (Wildman–Crippen LogP) is 3.39. The first-order chi connectivity index (χ1) is 9.83. The maximum Gasteiger partial charge on any atom is 0.161 e. The first-order valence-electron chi connectivity index (χ1n) is 7.57. The molecule has 0 amide bonds. The van der Waals surface area contributed by atoms with Gasteiger partial charge in [-0.3, -0.25) is 0 Å². The third-order valence-corrected chi connectivity index (χ3v) is 5.35. The monoisotopic (exact) mass is 293 g/mol. The first kappa shape index (κ1) is 14.1. The minimum atomic E-state index is 0.355. The fourth-order valence-electron chi connectivity index (χ4n) is 2.68. The van der Waals surface area contributed by atoms with Crippen LogP contribution in [0.2, 0.25) is 0 Å². The van der Waals surface area contributed by atoms with Crippen LogP contribution in [-0.4, -0.2) is 30.8 Å². The highest BCUT2D eigenvalue weighted by Crippen LogP contribution is 2.32. The highest BCUT2D eigenvalue weighted by atomic mass is 32.2. The third kappa shape index (κ3) is 3.41. The van der Waals surface area contributed by atoms with Crippen LogP contribution in [0.15, 0.2) is 18.2 Å². The van der Waals surface area contributed by atoms with Gasteiger partial charge in [-0.1, -0.05) is 6.07 Å². The van der Waals surface area contributed by atoms with Gasteiger partial charge in [-0.25, -0.2) is 0 Å². The molecule has 1 saturated heterocycles. The minimum absolute atomic E-state index is 0.355. The summed E-state index contributed by atoms with van der Waals surface area (Å²) < 4.78 is 11.4. The molecule has 1 N–H and O–H groups in total. The van der Waals surface area contributed by atoms with Crippen molar-refractivity contribution in [2.75, 3.05) is 25.5 Å². The standard InChI is InChI=1S/C16H23NO2S/c1-12(17-11-14-4-2-9-20-14)13-5-6-15-16(10-13)19-8-3-7-18-15/h5-6,10,12,14,17H,2-4,7-9,11H2,1H3. The molecule has 3 rings (SSSR count). The van der Waals surface area contributed by atoms with Crippen molar-refractivity contribution in [2.24, 2.45) is 0 Å². The Morgan fingerprint density at radius 1 is 1.25 bits per heavy atom. The lowest BCUT2D eigenvalue weighted by Gasteiger charge is -2.18. The number of fused-ring (bicyclic) bond motifs is 1. The molecule has 4 heteroatoms. The minimum Gasteiger partial charge on any atom is -0.490 e. The number of benzene rings is 1. The van der Waals surface area contributed by atoms with Crippen LogP contribution in [-0.2, 0) is 0 Å². The summed E-state index contributed by atoms with van der Waals surface area (Å²) in [5.41, 5.74) is 1.28. The molecule has 20 heavy (non-hydrogen) atoms. The molecule has 1 fully saturated rings. The van der Waals surface area contributed by atoms with E-state index in [4.69, 9.17) is 9.47 Å². The molecule has 2 unspecified atom stereocenters. The summed E-state index contributed by atoms with van der Waals surface area (Å²) in [5, 5.41) is 4.44. The van der Waals surface area contributed by atoms with Crippen molar-refractivity contribution in [1.82, 2.24) is 5.32 Å². The van der Waals surface area contributed by atoms with Gasteiger partial charge in [0.25, 0.3) is 0 Å². The Hall–Kier alpha value is -0.870. The van der Waals surface area contributed by atoms with Crippen molar-refractivity contribution in [3.05, 3.63) is 23.8 Å². The molecule has 0 spiro atoms. The third-order valence-electron chi connectivity index (χ3n) is 3.95. The molecule has 0 radical (unpaired) electrons. The van der Waals surface area contributed by atoms with E-state index in [9.17, 15) is 0 Å². The Balaban J connectivity index is 1.62. The van der Waals surface area contributed by atoms with Crippen LogP contribution in [0.1, 0.15) is 37.8 Å². The fourth-order valence-corrected chi connectivity index (χ4v) is 3.89. The lowest BCUT2D eigenvalue weighted by molar-refractivity contribution is 0.297. The highest BCUT2D eigenvalue weighted by molar-refractivity contribution is 8.00. The molecule has 110 valence electrons. The van der Waals surface area contributed by atoms with E-state index in [1.54, 1.807) is 0 Å². The molecule has 0 aromatic heterocycles. The van der Waals surface area contributed by atoms with Crippen molar-refractivity contribution in [2.45, 2.75) is 37.5 Å². The van der Waals surface area contributed by atoms with Gasteiger partial charge in [0.05, 0.1) is 13.2 Å². The molecule has 1 aromatic rings. The van der Waals surface area contributed by atoms with Crippen molar-refractivity contribution >= 4 is 11.8 Å². The van der Waals surface area contributed by atoms with Gasteiger partial charge in [0.1, 0.15) is 0 Å². The Labute approximate surface area is 125 Å². The summed E-state index contributed by atoms with van der Waals surface area (Å²) in [4.78, 5) is 0. The fraction of sp³-hybridized carbons (Fsp3) is 0.625. The number of thioether (sulfide) groups is 1. The molecule has 1 aromatic carbocycles. The number of hydrogen-bond acceptors (Lipinski definition) is 4. The van der Waals surface area contributed by atoms with Gasteiger partial charge < -0.3 is 14.8 Å². The van der Waals surface area contributed by atoms with Crippen LogP contribution in [0, 0.1) is 0 Å². The lowest BCUT2D eigenvalue weighted by atomic mass is 10.1. The van der Waals surface area contributed by atoms with Gasteiger partial charge >= 0.3 is 0 Å². The van der Waals surface area contributed by atoms with E-state index in [1.165, 1.54) is 24.2 Å². The summed E-state index contributed by atoms with van der Waals surface area (Å²) in [6.07, 6.45) is 3.68. The highest BCUT2D eigenvalue weighted by Gasteiger charge is 2.17. The van der Waals surface area contributed by atoms with E-state index in [1.807, 2.05) is 6.07 Å². The zero-order valence-corrected chi connectivity index (χ0v) is 12.9. The largest absolute Gasteiger partial charge is 0.490 e. The average molecular weight is 293 g/mol. The first-order valence-corrected chi connectivity index (χ1v) is 8.62. The van der Waals surface area contributed by atoms with E-state index >= 15 is 0 Å². The van der Waals surface area contributed by atoms with Crippen LogP contribution in [0.4, 0.5) is 0 Å². The number of ether oxygens (including phenoxy) is 2. The molecular weight excluding hydrogens is 270 g/mol. The zero-order chi connectivity index (χ0) is 13.8. The second kappa shape index (κ2) is 6.72. The van der Waals surface area contributed by atoms with Gasteiger partial charge in [-0.2, -0.15) is 11.8 Å². The molecule has 0 saturated carbocycles. The summed E-state index contributed by atoms with van der Waals surface area (Å²) in [7, 11) is 0. The number of hydrogen-bond donors (Lipinski definition) is 1. The smallest absolute Gasteiger partial charge is 0.161 e. The maximum absolute atomic E-state index is 5.76. The molecule has 2 atom stereocenters. The maximum atomic E-state index is 5.76.